The van der Waals surface area contributed by atoms with Crippen molar-refractivity contribution >= 4 is 6.03 Å². The van der Waals surface area contributed by atoms with Crippen molar-refractivity contribution in [3.8, 4) is 0 Å². The largest absolute Gasteiger partial charge is 0.376 e. The number of ether oxygens (including phenoxy) is 1. The summed E-state index contributed by atoms with van der Waals surface area (Å²) in [6.45, 7) is 1.53. The summed E-state index contributed by atoms with van der Waals surface area (Å²) in [7, 11) is 3.41. The lowest BCUT2D eigenvalue weighted by Gasteiger charge is -2.19. The molecule has 0 saturated carbocycles. The van der Waals surface area contributed by atoms with Crippen LogP contribution in [0.25, 0.3) is 0 Å². The number of nitrogens with one attached hydrogen (secondary N) is 1. The second-order valence-corrected chi connectivity index (χ2v) is 3.07. The maximum Gasteiger partial charge on any atom is 0.316 e. The molecule has 1 aliphatic rings. The summed E-state index contributed by atoms with van der Waals surface area (Å²) in [5, 5.41) is 2.57. The Bertz CT molecular complexity index is 155. The van der Waals surface area contributed by atoms with Gasteiger partial charge in [-0.1, -0.05) is 0 Å². The smallest absolute Gasteiger partial charge is 0.316 e. The minimum atomic E-state index is -0.0505. The van der Waals surface area contributed by atoms with Crippen molar-refractivity contribution in [2.24, 2.45) is 0 Å². The second-order valence-electron chi connectivity index (χ2n) is 3.07. The van der Waals surface area contributed by atoms with E-state index < -0.39 is 0 Å². The molecule has 0 aromatic heterocycles. The lowest BCUT2D eigenvalue weighted by molar-refractivity contribution is 0.0878. The lowest BCUT2D eigenvalue weighted by Crippen LogP contribution is -2.39. The summed E-state index contributed by atoms with van der Waals surface area (Å²) in [4.78, 5) is 12.7. The monoisotopic (exact) mass is 172 g/mol. The van der Waals surface area contributed by atoms with Gasteiger partial charge in [-0.15, -0.1) is 0 Å². The molecule has 1 heterocycles. The molecular formula is C8H16N2O2. The molecule has 1 fully saturated rings. The minimum Gasteiger partial charge on any atom is -0.376 e. The number of hydrogen-bond acceptors (Lipinski definition) is 2. The van der Waals surface area contributed by atoms with Crippen LogP contribution in [0, 0.1) is 0 Å². The molecule has 0 aliphatic carbocycles. The molecule has 4 nitrogen and oxygen atoms in total. The molecule has 0 aromatic carbocycles. The van der Waals surface area contributed by atoms with Gasteiger partial charge in [0.25, 0.3) is 0 Å². The Balaban J connectivity index is 2.24. The zero-order valence-electron chi connectivity index (χ0n) is 7.67. The molecule has 12 heavy (non-hydrogen) atoms. The van der Waals surface area contributed by atoms with Crippen LogP contribution in [0.15, 0.2) is 0 Å². The first-order valence-electron chi connectivity index (χ1n) is 4.28. The zero-order valence-corrected chi connectivity index (χ0v) is 7.67. The maximum absolute atomic E-state index is 11.1. The van der Waals surface area contributed by atoms with Crippen LogP contribution in [0.4, 0.5) is 4.79 Å². The third-order valence-corrected chi connectivity index (χ3v) is 2.06. The van der Waals surface area contributed by atoms with Crippen LogP contribution < -0.4 is 5.32 Å². The van der Waals surface area contributed by atoms with Gasteiger partial charge in [0, 0.05) is 27.2 Å². The normalized spacial score (nSPS) is 22.3. The average molecular weight is 172 g/mol. The molecule has 0 bridgehead atoms. The number of nitrogens with zero attached hydrogens (tertiary/aromatic N) is 1. The molecule has 1 N–H and O–H groups in total. The van der Waals surface area contributed by atoms with Crippen molar-refractivity contribution in [2.75, 3.05) is 27.2 Å². The number of rotatable bonds is 2. The molecule has 1 atom stereocenters. The minimum absolute atomic E-state index is 0.0505. The molecule has 0 aromatic rings. The van der Waals surface area contributed by atoms with Crippen LogP contribution in [-0.2, 0) is 4.74 Å². The van der Waals surface area contributed by atoms with Gasteiger partial charge >= 0.3 is 6.03 Å². The average Bonchev–Trinajstić information content (AvgIpc) is 2.55. The molecule has 70 valence electrons. The topological polar surface area (TPSA) is 41.6 Å². The number of likely N-dealkylation sites (N-methyl/N-ethyl adjacent to an activating group) is 1. The van der Waals surface area contributed by atoms with Crippen LogP contribution in [0.5, 0.6) is 0 Å². The molecule has 1 unspecified atom stereocenters. The number of carbonyl (C=O) groups is 1. The molecular weight excluding hydrogens is 156 g/mol. The van der Waals surface area contributed by atoms with E-state index in [0.717, 1.165) is 19.4 Å². The second kappa shape index (κ2) is 4.30. The van der Waals surface area contributed by atoms with Gasteiger partial charge in [-0.05, 0) is 12.8 Å². The Morgan fingerprint density at radius 3 is 3.00 bits per heavy atom. The van der Waals surface area contributed by atoms with Gasteiger partial charge in [0.05, 0.1) is 6.10 Å². The molecule has 1 rings (SSSR count). The maximum atomic E-state index is 11.1. The first-order valence-corrected chi connectivity index (χ1v) is 4.28. The highest BCUT2D eigenvalue weighted by molar-refractivity contribution is 5.73. The third kappa shape index (κ3) is 2.37. The van der Waals surface area contributed by atoms with Gasteiger partial charge < -0.3 is 15.0 Å². The Labute approximate surface area is 72.9 Å². The lowest BCUT2D eigenvalue weighted by atomic mass is 10.2. The highest BCUT2D eigenvalue weighted by atomic mass is 16.5. The highest BCUT2D eigenvalue weighted by Gasteiger charge is 2.18. The fourth-order valence-corrected chi connectivity index (χ4v) is 1.37. The zero-order chi connectivity index (χ0) is 8.97. The molecule has 4 heteroatoms. The van der Waals surface area contributed by atoms with Crippen molar-refractivity contribution < 1.29 is 9.53 Å². The Hall–Kier alpha value is -0.770. The van der Waals surface area contributed by atoms with E-state index in [9.17, 15) is 4.79 Å². The number of carbonyl (C=O) groups excluding carboxylic acids is 1. The summed E-state index contributed by atoms with van der Waals surface area (Å²) < 4.78 is 5.40. The highest BCUT2D eigenvalue weighted by Crippen LogP contribution is 2.12. The van der Waals surface area contributed by atoms with Gasteiger partial charge in [0.15, 0.2) is 0 Å². The molecule has 0 spiro atoms. The van der Waals surface area contributed by atoms with Crippen LogP contribution in [0.2, 0.25) is 0 Å². The van der Waals surface area contributed by atoms with E-state index in [-0.39, 0.29) is 12.1 Å². The Morgan fingerprint density at radius 2 is 2.50 bits per heavy atom. The van der Waals surface area contributed by atoms with E-state index >= 15 is 0 Å². The van der Waals surface area contributed by atoms with E-state index in [1.54, 1.807) is 19.0 Å². The van der Waals surface area contributed by atoms with Gasteiger partial charge in [-0.2, -0.15) is 0 Å². The molecule has 0 radical (unpaired) electrons. The van der Waals surface area contributed by atoms with Crippen molar-refractivity contribution in [1.29, 1.82) is 0 Å². The van der Waals surface area contributed by atoms with E-state index in [1.165, 1.54) is 0 Å². The van der Waals surface area contributed by atoms with Crippen molar-refractivity contribution in [3.05, 3.63) is 0 Å². The first-order chi connectivity index (χ1) is 5.74. The van der Waals surface area contributed by atoms with E-state index in [2.05, 4.69) is 5.32 Å². The SMILES string of the molecule is CNC(=O)N(C)CC1CCCO1. The van der Waals surface area contributed by atoms with Crippen molar-refractivity contribution in [2.45, 2.75) is 18.9 Å². The van der Waals surface area contributed by atoms with Crippen molar-refractivity contribution in [3.63, 3.8) is 0 Å². The number of hydrogen-bond donors (Lipinski definition) is 1. The van der Waals surface area contributed by atoms with Crippen LogP contribution in [-0.4, -0.2) is 44.3 Å². The first kappa shape index (κ1) is 9.32. The van der Waals surface area contributed by atoms with Gasteiger partial charge in [0.2, 0.25) is 0 Å². The van der Waals surface area contributed by atoms with Gasteiger partial charge in [-0.25, -0.2) is 4.79 Å². The quantitative estimate of drug-likeness (QED) is 0.656. The molecule has 1 saturated heterocycles. The Kier molecular flexibility index (Phi) is 3.34. The van der Waals surface area contributed by atoms with Crippen LogP contribution in [0.1, 0.15) is 12.8 Å². The van der Waals surface area contributed by atoms with E-state index in [4.69, 9.17) is 4.74 Å². The summed E-state index contributed by atoms with van der Waals surface area (Å²) in [6, 6.07) is -0.0505. The van der Waals surface area contributed by atoms with Crippen LogP contribution >= 0.6 is 0 Å². The van der Waals surface area contributed by atoms with E-state index in [0.29, 0.717) is 6.54 Å². The van der Waals surface area contributed by atoms with Gasteiger partial charge in [0.1, 0.15) is 0 Å². The third-order valence-electron chi connectivity index (χ3n) is 2.06. The standard InChI is InChI=1S/C8H16N2O2/c1-9-8(11)10(2)6-7-4-3-5-12-7/h7H,3-6H2,1-2H3,(H,9,11). The summed E-state index contributed by atoms with van der Waals surface area (Å²) >= 11 is 0. The number of amides is 2. The van der Waals surface area contributed by atoms with Crippen LogP contribution in [0.3, 0.4) is 0 Å². The molecule has 2 amide bonds. The fraction of sp³-hybridized carbons (Fsp3) is 0.875. The van der Waals surface area contributed by atoms with Gasteiger partial charge in [-0.3, -0.25) is 0 Å². The van der Waals surface area contributed by atoms with E-state index in [1.807, 2.05) is 0 Å². The number of urea groups is 1. The van der Waals surface area contributed by atoms with Crippen molar-refractivity contribution in [1.82, 2.24) is 10.2 Å². The summed E-state index contributed by atoms with van der Waals surface area (Å²) in [6.07, 6.45) is 2.43. The molecule has 1 aliphatic heterocycles. The Morgan fingerprint density at radius 1 is 1.75 bits per heavy atom. The predicted molar refractivity (Wildman–Crippen MR) is 46.1 cm³/mol. The predicted octanol–water partition coefficient (Wildman–Crippen LogP) is 0.437. The summed E-state index contributed by atoms with van der Waals surface area (Å²) in [5.41, 5.74) is 0. The fourth-order valence-electron chi connectivity index (χ4n) is 1.37. The summed E-state index contributed by atoms with van der Waals surface area (Å²) in [5.74, 6) is 0.